The summed E-state index contributed by atoms with van der Waals surface area (Å²) in [5, 5.41) is 0. The lowest BCUT2D eigenvalue weighted by molar-refractivity contribution is 0.0686. The third-order valence-corrected chi connectivity index (χ3v) is 0.606. The van der Waals surface area contributed by atoms with E-state index in [2.05, 4.69) is 11.7 Å². The number of hydrogen-bond donors (Lipinski definition) is 0. The average molecular weight is 87.1 g/mol. The molecule has 1 fully saturated rings. The Bertz CT molecular complexity index is 40.8. The van der Waals surface area contributed by atoms with Crippen LogP contribution in [0.15, 0.2) is 0 Å². The molecule has 0 aliphatic carbocycles. The van der Waals surface area contributed by atoms with Crippen molar-refractivity contribution in [3.8, 4) is 0 Å². The molecule has 1 unspecified atom stereocenters. The molecule has 2 heteroatoms. The molecule has 0 bridgehead atoms. The highest BCUT2D eigenvalue weighted by Gasteiger charge is 2.21. The van der Waals surface area contributed by atoms with Crippen LogP contribution in [0.2, 0.25) is 0 Å². The van der Waals surface area contributed by atoms with Crippen molar-refractivity contribution in [2.75, 3.05) is 13.2 Å². The van der Waals surface area contributed by atoms with Gasteiger partial charge in [0.25, 0.3) is 0 Å². The van der Waals surface area contributed by atoms with Gasteiger partial charge in [0.2, 0.25) is 0 Å². The van der Waals surface area contributed by atoms with E-state index in [4.69, 9.17) is 4.74 Å². The Balaban J connectivity index is 1.88. The van der Waals surface area contributed by atoms with E-state index >= 15 is 0 Å². The van der Waals surface area contributed by atoms with Gasteiger partial charge in [0.15, 0.2) is 6.29 Å². The van der Waals surface area contributed by atoms with Gasteiger partial charge in [-0.3, -0.25) is 0 Å². The van der Waals surface area contributed by atoms with E-state index in [0.29, 0.717) is 6.61 Å². The fourth-order valence-corrected chi connectivity index (χ4v) is 0.267. The van der Waals surface area contributed by atoms with E-state index in [1.807, 2.05) is 0 Å². The van der Waals surface area contributed by atoms with Crippen molar-refractivity contribution >= 4 is 0 Å². The fourth-order valence-electron chi connectivity index (χ4n) is 0.267. The highest BCUT2D eigenvalue weighted by molar-refractivity contribution is 4.54. The summed E-state index contributed by atoms with van der Waals surface area (Å²) in [6.45, 7) is 4.74. The number of epoxide rings is 1. The minimum Gasteiger partial charge on any atom is -0.350 e. The number of ether oxygens (including phenoxy) is 2. The van der Waals surface area contributed by atoms with Crippen LogP contribution in [0.1, 0.15) is 0 Å². The first-order valence-corrected chi connectivity index (χ1v) is 1.96. The van der Waals surface area contributed by atoms with Crippen LogP contribution < -0.4 is 0 Å². The summed E-state index contributed by atoms with van der Waals surface area (Å²) in [6.07, 6.45) is 0.0856. The third-order valence-electron chi connectivity index (χ3n) is 0.606. The predicted molar refractivity (Wildman–Crippen MR) is 21.0 cm³/mol. The van der Waals surface area contributed by atoms with Gasteiger partial charge >= 0.3 is 0 Å². The normalized spacial score (nSPS) is 30.5. The molecule has 1 atom stereocenters. The Morgan fingerprint density at radius 2 is 2.67 bits per heavy atom. The first kappa shape index (κ1) is 4.09. The Labute approximate surface area is 37.1 Å². The fraction of sp³-hybridized carbons (Fsp3) is 0.750. The monoisotopic (exact) mass is 87.0 g/mol. The smallest absolute Gasteiger partial charge is 0.181 e. The lowest BCUT2D eigenvalue weighted by atomic mass is 10.8. The Kier molecular flexibility index (Phi) is 1.08. The molecular formula is C4H7O2. The molecule has 2 nitrogen and oxygen atoms in total. The van der Waals surface area contributed by atoms with E-state index < -0.39 is 0 Å². The molecule has 0 saturated carbocycles. The van der Waals surface area contributed by atoms with Gasteiger partial charge in [-0.2, -0.15) is 0 Å². The zero-order valence-electron chi connectivity index (χ0n) is 3.52. The van der Waals surface area contributed by atoms with Gasteiger partial charge in [0.05, 0.1) is 0 Å². The maximum Gasteiger partial charge on any atom is 0.181 e. The second-order valence-corrected chi connectivity index (χ2v) is 1.13. The first-order valence-electron chi connectivity index (χ1n) is 1.96. The second-order valence-electron chi connectivity index (χ2n) is 1.13. The largest absolute Gasteiger partial charge is 0.350 e. The van der Waals surface area contributed by atoms with E-state index in [0.717, 1.165) is 6.61 Å². The van der Waals surface area contributed by atoms with Gasteiger partial charge in [0, 0.05) is 6.61 Å². The van der Waals surface area contributed by atoms with Crippen molar-refractivity contribution < 1.29 is 9.47 Å². The molecule has 0 aromatic rings. The van der Waals surface area contributed by atoms with E-state index in [1.54, 1.807) is 0 Å². The minimum atomic E-state index is 0.0856. The number of hydrogen-bond acceptors (Lipinski definition) is 2. The molecule has 1 radical (unpaired) electrons. The van der Waals surface area contributed by atoms with Gasteiger partial charge in [-0.05, 0) is 6.92 Å². The maximum absolute atomic E-state index is 4.82. The van der Waals surface area contributed by atoms with Crippen LogP contribution in [0.3, 0.4) is 0 Å². The van der Waals surface area contributed by atoms with E-state index in [-0.39, 0.29) is 6.29 Å². The Hall–Kier alpha value is -0.0800. The van der Waals surface area contributed by atoms with Gasteiger partial charge < -0.3 is 9.47 Å². The minimum absolute atomic E-state index is 0.0856. The van der Waals surface area contributed by atoms with Crippen molar-refractivity contribution in [1.29, 1.82) is 0 Å². The van der Waals surface area contributed by atoms with E-state index in [9.17, 15) is 0 Å². The highest BCUT2D eigenvalue weighted by Crippen LogP contribution is 2.08. The summed E-state index contributed by atoms with van der Waals surface area (Å²) in [6, 6.07) is 0. The Morgan fingerprint density at radius 3 is 2.83 bits per heavy atom. The van der Waals surface area contributed by atoms with Crippen LogP contribution in [-0.2, 0) is 9.47 Å². The summed E-state index contributed by atoms with van der Waals surface area (Å²) < 4.78 is 9.51. The maximum atomic E-state index is 4.82. The Morgan fingerprint density at radius 1 is 2.00 bits per heavy atom. The van der Waals surface area contributed by atoms with Crippen molar-refractivity contribution in [3.05, 3.63) is 6.92 Å². The van der Waals surface area contributed by atoms with Gasteiger partial charge in [0.1, 0.15) is 6.61 Å². The second kappa shape index (κ2) is 1.58. The molecule has 1 saturated heterocycles. The van der Waals surface area contributed by atoms with Crippen LogP contribution in [-0.4, -0.2) is 19.5 Å². The molecule has 0 N–H and O–H groups in total. The molecule has 1 aliphatic rings. The van der Waals surface area contributed by atoms with Crippen LogP contribution in [0.5, 0.6) is 0 Å². The lowest BCUT2D eigenvalue weighted by Gasteiger charge is -1.86. The first-order chi connectivity index (χ1) is 2.93. The zero-order chi connectivity index (χ0) is 4.41. The van der Waals surface area contributed by atoms with E-state index in [1.165, 1.54) is 0 Å². The summed E-state index contributed by atoms with van der Waals surface area (Å²) >= 11 is 0. The molecule has 0 amide bonds. The standard InChI is InChI=1S/C4H7O2/c1-2-5-4-3-6-4/h4H,1-3H2. The zero-order valence-corrected chi connectivity index (χ0v) is 3.52. The molecule has 0 aromatic heterocycles. The van der Waals surface area contributed by atoms with Crippen molar-refractivity contribution in [3.63, 3.8) is 0 Å². The highest BCUT2D eigenvalue weighted by atomic mass is 16.8. The lowest BCUT2D eigenvalue weighted by Crippen LogP contribution is -1.91. The van der Waals surface area contributed by atoms with Gasteiger partial charge in [-0.25, -0.2) is 0 Å². The van der Waals surface area contributed by atoms with Crippen LogP contribution >= 0.6 is 0 Å². The predicted octanol–water partition coefficient (Wildman–Crippen LogP) is 0.193. The number of rotatable bonds is 2. The van der Waals surface area contributed by atoms with Crippen molar-refractivity contribution in [2.24, 2.45) is 0 Å². The van der Waals surface area contributed by atoms with Crippen LogP contribution in [0.25, 0.3) is 0 Å². The van der Waals surface area contributed by atoms with Crippen molar-refractivity contribution in [2.45, 2.75) is 6.29 Å². The summed E-state index contributed by atoms with van der Waals surface area (Å²) in [5.41, 5.74) is 0. The molecule has 0 spiro atoms. The third kappa shape index (κ3) is 0.954. The molecule has 1 aliphatic heterocycles. The van der Waals surface area contributed by atoms with Crippen molar-refractivity contribution in [1.82, 2.24) is 0 Å². The van der Waals surface area contributed by atoms with Crippen LogP contribution in [0, 0.1) is 6.92 Å². The summed E-state index contributed by atoms with van der Waals surface area (Å²) in [5.74, 6) is 0. The molecule has 1 heterocycles. The molecule has 0 aromatic carbocycles. The topological polar surface area (TPSA) is 21.8 Å². The molecule has 35 valence electrons. The van der Waals surface area contributed by atoms with Gasteiger partial charge in [-0.1, -0.05) is 0 Å². The van der Waals surface area contributed by atoms with Gasteiger partial charge in [-0.15, -0.1) is 0 Å². The summed E-state index contributed by atoms with van der Waals surface area (Å²) in [7, 11) is 0. The molecule has 1 rings (SSSR count). The molecular weight excluding hydrogens is 80.0 g/mol. The average Bonchev–Trinajstić information content (AvgIpc) is 2.21. The van der Waals surface area contributed by atoms with Crippen LogP contribution in [0.4, 0.5) is 0 Å². The quantitative estimate of drug-likeness (QED) is 0.448. The summed E-state index contributed by atoms with van der Waals surface area (Å²) in [4.78, 5) is 0. The molecule has 6 heavy (non-hydrogen) atoms. The SMILES string of the molecule is [CH2]COC1CO1.